The van der Waals surface area contributed by atoms with Crippen molar-refractivity contribution in [3.63, 3.8) is 0 Å². The Morgan fingerprint density at radius 3 is 0.717 bits per heavy atom. The first-order valence-corrected chi connectivity index (χ1v) is 44.2. The lowest BCUT2D eigenvalue weighted by Gasteiger charge is -2.21. The number of phosphoric ester groups is 2. The highest BCUT2D eigenvalue weighted by Gasteiger charge is 2.30. The molecule has 0 radical (unpaired) electrons. The summed E-state index contributed by atoms with van der Waals surface area (Å²) < 4.78 is 68.6. The van der Waals surface area contributed by atoms with E-state index in [-0.39, 0.29) is 25.7 Å². The smallest absolute Gasteiger partial charge is 0.462 e. The summed E-state index contributed by atoms with van der Waals surface area (Å²) in [5, 5.41) is 10.6. The number of phosphoric acid groups is 2. The van der Waals surface area contributed by atoms with Crippen LogP contribution in [0.3, 0.4) is 0 Å². The number of aliphatic hydroxyl groups is 1. The molecule has 99 heavy (non-hydrogen) atoms. The minimum Gasteiger partial charge on any atom is -0.462 e. The van der Waals surface area contributed by atoms with Gasteiger partial charge in [-0.1, -0.05) is 357 Å². The molecule has 0 amide bonds. The summed E-state index contributed by atoms with van der Waals surface area (Å²) in [4.78, 5) is 72.9. The largest absolute Gasteiger partial charge is 0.472 e. The van der Waals surface area contributed by atoms with Crippen LogP contribution >= 0.6 is 15.6 Å². The Morgan fingerprint density at radius 2 is 0.485 bits per heavy atom. The standard InChI is InChI=1S/C80H156O17P2/c1-9-73(8)59-51-43-35-27-21-17-14-15-19-23-29-37-46-54-62-79(84)96-75(66-90-77(82)60-52-44-36-28-22-18-13-11-10-12-16-20-25-32-40-48-56-70(2)3)68-94-98(86,87)92-64-74(81)65-93-99(88,89)95-69-76(67-91-78(83)61-53-45-39-31-34-42-50-58-72(6)7)97-80(85)63-55-47-38-30-24-26-33-41-49-57-71(4)5/h70-76,81H,9-69H2,1-8H3,(H,86,87)(H,88,89)/t73?,74?,75-,76-/m1/s1. The van der Waals surface area contributed by atoms with Gasteiger partial charge in [-0.15, -0.1) is 0 Å². The quantitative estimate of drug-likeness (QED) is 0.0222. The summed E-state index contributed by atoms with van der Waals surface area (Å²) in [5.74, 6) is 0.983. The Labute approximate surface area is 607 Å². The van der Waals surface area contributed by atoms with E-state index in [0.717, 1.165) is 114 Å². The maximum Gasteiger partial charge on any atom is 0.472 e. The fourth-order valence-electron chi connectivity index (χ4n) is 12.2. The lowest BCUT2D eigenvalue weighted by atomic mass is 9.99. The molecule has 0 saturated carbocycles. The Kier molecular flexibility index (Phi) is 67.8. The van der Waals surface area contributed by atoms with Crippen molar-refractivity contribution in [2.45, 2.75) is 427 Å². The molecule has 588 valence electrons. The van der Waals surface area contributed by atoms with Gasteiger partial charge in [-0.05, 0) is 49.4 Å². The first-order chi connectivity index (χ1) is 47.6. The monoisotopic (exact) mass is 1450 g/mol. The van der Waals surface area contributed by atoms with Gasteiger partial charge in [-0.2, -0.15) is 0 Å². The first kappa shape index (κ1) is 97.1. The van der Waals surface area contributed by atoms with Crippen LogP contribution in [-0.4, -0.2) is 96.7 Å². The van der Waals surface area contributed by atoms with Crippen LogP contribution in [-0.2, 0) is 65.4 Å². The molecule has 19 heteroatoms. The molecule has 0 aliphatic rings. The zero-order valence-corrected chi connectivity index (χ0v) is 66.9. The molecular weight excluding hydrogens is 1290 g/mol. The lowest BCUT2D eigenvalue weighted by Crippen LogP contribution is -2.30. The predicted molar refractivity (Wildman–Crippen MR) is 404 cm³/mol. The number of hydrogen-bond donors (Lipinski definition) is 3. The average Bonchev–Trinajstić information content (AvgIpc) is 2.02. The highest BCUT2D eigenvalue weighted by molar-refractivity contribution is 7.47. The minimum atomic E-state index is -4.96. The van der Waals surface area contributed by atoms with Crippen LogP contribution in [0.5, 0.6) is 0 Å². The van der Waals surface area contributed by atoms with E-state index in [1.54, 1.807) is 0 Å². The Balaban J connectivity index is 5.23. The van der Waals surface area contributed by atoms with Crippen molar-refractivity contribution in [2.24, 2.45) is 23.7 Å². The third kappa shape index (κ3) is 72.8. The second kappa shape index (κ2) is 69.1. The molecule has 6 atom stereocenters. The Hall–Kier alpha value is -1.94. The predicted octanol–water partition coefficient (Wildman–Crippen LogP) is 23.6. The third-order valence-corrected chi connectivity index (χ3v) is 20.8. The maximum atomic E-state index is 13.1. The SMILES string of the molecule is CCC(C)CCCCCCCCCCCCCCCCC(=O)O[C@H](COC(=O)CCCCCCCCCCCCCCCCCCC(C)C)COP(=O)(O)OCC(O)COP(=O)(O)OC[C@@H](COC(=O)CCCCCCCCCC(C)C)OC(=O)CCCCCCCCCCCC(C)C. The second-order valence-electron chi connectivity index (χ2n) is 30.5. The molecule has 0 aliphatic heterocycles. The molecule has 0 aromatic heterocycles. The van der Waals surface area contributed by atoms with Crippen molar-refractivity contribution < 1.29 is 80.2 Å². The van der Waals surface area contributed by atoms with Crippen molar-refractivity contribution in [1.82, 2.24) is 0 Å². The number of unbranched alkanes of at least 4 members (excludes halogenated alkanes) is 42. The number of carbonyl (C=O) groups excluding carboxylic acids is 4. The van der Waals surface area contributed by atoms with Crippen LogP contribution < -0.4 is 0 Å². The van der Waals surface area contributed by atoms with Crippen molar-refractivity contribution in [3.8, 4) is 0 Å². The molecule has 0 spiro atoms. The van der Waals surface area contributed by atoms with Gasteiger partial charge in [0.1, 0.15) is 19.3 Å². The fraction of sp³-hybridized carbons (Fsp3) is 0.950. The van der Waals surface area contributed by atoms with Crippen molar-refractivity contribution in [2.75, 3.05) is 39.6 Å². The fourth-order valence-corrected chi connectivity index (χ4v) is 13.8. The van der Waals surface area contributed by atoms with Gasteiger partial charge in [-0.25, -0.2) is 9.13 Å². The summed E-state index contributed by atoms with van der Waals surface area (Å²) in [6, 6.07) is 0. The maximum absolute atomic E-state index is 13.1. The van der Waals surface area contributed by atoms with Crippen LogP contribution in [0.15, 0.2) is 0 Å². The zero-order chi connectivity index (χ0) is 73.1. The van der Waals surface area contributed by atoms with Crippen molar-refractivity contribution in [3.05, 3.63) is 0 Å². The number of esters is 4. The van der Waals surface area contributed by atoms with Crippen LogP contribution in [0.1, 0.15) is 409 Å². The second-order valence-corrected chi connectivity index (χ2v) is 33.4. The highest BCUT2D eigenvalue weighted by atomic mass is 31.2. The molecule has 3 N–H and O–H groups in total. The lowest BCUT2D eigenvalue weighted by molar-refractivity contribution is -0.161. The third-order valence-electron chi connectivity index (χ3n) is 18.9. The van der Waals surface area contributed by atoms with Crippen LogP contribution in [0, 0.1) is 23.7 Å². The van der Waals surface area contributed by atoms with Crippen molar-refractivity contribution >= 4 is 39.5 Å². The number of ether oxygens (including phenoxy) is 4. The van der Waals surface area contributed by atoms with Gasteiger partial charge in [0.15, 0.2) is 12.2 Å². The van der Waals surface area contributed by atoms with E-state index < -0.39 is 97.5 Å². The molecule has 0 saturated heterocycles. The highest BCUT2D eigenvalue weighted by Crippen LogP contribution is 2.45. The molecule has 0 bridgehead atoms. The van der Waals surface area contributed by atoms with E-state index in [4.69, 9.17) is 37.0 Å². The molecular formula is C80H156O17P2. The Morgan fingerprint density at radius 1 is 0.283 bits per heavy atom. The summed E-state index contributed by atoms with van der Waals surface area (Å²) in [5.41, 5.74) is 0. The van der Waals surface area contributed by atoms with E-state index in [1.807, 2.05) is 0 Å². The van der Waals surface area contributed by atoms with Crippen LogP contribution in [0.4, 0.5) is 0 Å². The summed E-state index contributed by atoms with van der Waals surface area (Å²) in [7, 11) is -9.92. The van der Waals surface area contributed by atoms with E-state index in [1.165, 1.54) is 205 Å². The van der Waals surface area contributed by atoms with Gasteiger partial charge in [0.05, 0.1) is 26.4 Å². The summed E-state index contributed by atoms with van der Waals surface area (Å²) >= 11 is 0. The molecule has 17 nitrogen and oxygen atoms in total. The zero-order valence-electron chi connectivity index (χ0n) is 65.1. The number of aliphatic hydroxyl groups excluding tert-OH is 1. The van der Waals surface area contributed by atoms with Crippen LogP contribution in [0.25, 0.3) is 0 Å². The molecule has 0 aromatic rings. The molecule has 0 heterocycles. The van der Waals surface area contributed by atoms with Gasteiger partial charge < -0.3 is 33.8 Å². The van der Waals surface area contributed by atoms with Gasteiger partial charge in [0, 0.05) is 25.7 Å². The minimum absolute atomic E-state index is 0.104. The van der Waals surface area contributed by atoms with E-state index in [2.05, 4.69) is 55.4 Å². The summed E-state index contributed by atoms with van der Waals surface area (Å²) in [6.07, 6.45) is 55.6. The Bertz CT molecular complexity index is 1940. The van der Waals surface area contributed by atoms with E-state index in [0.29, 0.717) is 31.6 Å². The van der Waals surface area contributed by atoms with Gasteiger partial charge in [0.25, 0.3) is 0 Å². The summed E-state index contributed by atoms with van der Waals surface area (Å²) in [6.45, 7) is 14.2. The molecule has 0 fully saturated rings. The molecule has 0 aromatic carbocycles. The normalized spacial score (nSPS) is 14.3. The number of hydrogen-bond acceptors (Lipinski definition) is 15. The van der Waals surface area contributed by atoms with E-state index in [9.17, 15) is 43.2 Å². The number of carbonyl (C=O) groups is 4. The van der Waals surface area contributed by atoms with Crippen LogP contribution in [0.2, 0.25) is 0 Å². The van der Waals surface area contributed by atoms with Crippen molar-refractivity contribution in [1.29, 1.82) is 0 Å². The van der Waals surface area contributed by atoms with Gasteiger partial charge >= 0.3 is 39.5 Å². The average molecular weight is 1450 g/mol. The van der Waals surface area contributed by atoms with Gasteiger partial charge in [0.2, 0.25) is 0 Å². The molecule has 0 aliphatic carbocycles. The van der Waals surface area contributed by atoms with E-state index >= 15 is 0 Å². The number of rotatable bonds is 77. The topological polar surface area (TPSA) is 237 Å². The first-order valence-electron chi connectivity index (χ1n) is 41.2. The van der Waals surface area contributed by atoms with Gasteiger partial charge in [-0.3, -0.25) is 37.3 Å². The molecule has 0 rings (SSSR count). The molecule has 4 unspecified atom stereocenters.